The average molecular weight is 413 g/mol. The Morgan fingerprint density at radius 1 is 1.03 bits per heavy atom. The molecule has 1 N–H and O–H groups in total. The van der Waals surface area contributed by atoms with Gasteiger partial charge in [-0.25, -0.2) is 0 Å². The summed E-state index contributed by atoms with van der Waals surface area (Å²) in [6, 6.07) is 18.2. The van der Waals surface area contributed by atoms with Crippen molar-refractivity contribution in [2.45, 2.75) is 19.9 Å². The molecule has 0 bridgehead atoms. The molecule has 2 aromatic heterocycles. The van der Waals surface area contributed by atoms with Crippen LogP contribution in [0.4, 0.5) is 5.69 Å². The summed E-state index contributed by atoms with van der Waals surface area (Å²) in [6.45, 7) is 2.47. The smallest absolute Gasteiger partial charge is 0.257 e. The molecule has 0 atom stereocenters. The number of rotatable bonds is 6. The van der Waals surface area contributed by atoms with Gasteiger partial charge in [0.25, 0.3) is 11.8 Å². The summed E-state index contributed by atoms with van der Waals surface area (Å²) in [5, 5.41) is 3.84. The van der Waals surface area contributed by atoms with E-state index in [4.69, 9.17) is 4.42 Å². The van der Waals surface area contributed by atoms with Gasteiger partial charge in [0.1, 0.15) is 11.3 Å². The Balaban J connectivity index is 1.52. The van der Waals surface area contributed by atoms with E-state index in [1.165, 1.54) is 6.20 Å². The number of amides is 2. The molecule has 4 aromatic rings. The highest BCUT2D eigenvalue weighted by molar-refractivity contribution is 6.05. The third-order valence-corrected chi connectivity index (χ3v) is 5.14. The second-order valence-corrected chi connectivity index (χ2v) is 7.29. The Morgan fingerprint density at radius 2 is 1.84 bits per heavy atom. The van der Waals surface area contributed by atoms with Crippen LogP contribution in [-0.4, -0.2) is 28.7 Å². The van der Waals surface area contributed by atoms with Crippen molar-refractivity contribution < 1.29 is 14.0 Å². The maximum atomic E-state index is 13.1. The lowest BCUT2D eigenvalue weighted by molar-refractivity contribution is 0.0784. The summed E-state index contributed by atoms with van der Waals surface area (Å²) in [5.74, 6) is 0.478. The lowest BCUT2D eigenvalue weighted by atomic mass is 10.1. The highest BCUT2D eigenvalue weighted by Crippen LogP contribution is 2.27. The summed E-state index contributed by atoms with van der Waals surface area (Å²) in [6.07, 6.45) is 3.86. The SMILES string of the molecule is CCc1oc2ccccc2c1CN(C)C(=O)c1cccc(NC(=O)c2cccnc2)c1. The van der Waals surface area contributed by atoms with Crippen LogP contribution in [0.1, 0.15) is 39.0 Å². The van der Waals surface area contributed by atoms with Crippen LogP contribution >= 0.6 is 0 Å². The number of aromatic nitrogens is 1. The number of hydrogen-bond acceptors (Lipinski definition) is 4. The standard InChI is InChI=1S/C25H23N3O3/c1-3-22-21(20-11-4-5-12-23(20)31-22)16-28(2)25(30)17-8-6-10-19(14-17)27-24(29)18-9-7-13-26-15-18/h4-15H,3,16H2,1-2H3,(H,27,29). The first-order chi connectivity index (χ1) is 15.1. The molecule has 156 valence electrons. The first kappa shape index (κ1) is 20.3. The number of carbonyl (C=O) groups is 2. The van der Waals surface area contributed by atoms with Crippen molar-refractivity contribution in [2.75, 3.05) is 12.4 Å². The normalized spacial score (nSPS) is 10.8. The Morgan fingerprint density at radius 3 is 2.61 bits per heavy atom. The van der Waals surface area contributed by atoms with Crippen molar-refractivity contribution in [1.82, 2.24) is 9.88 Å². The van der Waals surface area contributed by atoms with Gasteiger partial charge in [0.05, 0.1) is 5.56 Å². The molecular formula is C25H23N3O3. The molecule has 4 rings (SSSR count). The summed E-state index contributed by atoms with van der Waals surface area (Å²) < 4.78 is 5.95. The number of furan rings is 1. The van der Waals surface area contributed by atoms with Crippen molar-refractivity contribution in [3.8, 4) is 0 Å². The van der Waals surface area contributed by atoms with E-state index in [-0.39, 0.29) is 11.8 Å². The largest absolute Gasteiger partial charge is 0.461 e. The number of aryl methyl sites for hydroxylation is 1. The molecule has 0 aliphatic heterocycles. The Hall–Kier alpha value is -3.93. The number of pyridine rings is 1. The lowest BCUT2D eigenvalue weighted by Crippen LogP contribution is -2.26. The zero-order chi connectivity index (χ0) is 21.8. The molecule has 0 radical (unpaired) electrons. The lowest BCUT2D eigenvalue weighted by Gasteiger charge is -2.18. The van der Waals surface area contributed by atoms with E-state index in [0.717, 1.165) is 28.7 Å². The van der Waals surface area contributed by atoms with Crippen LogP contribution in [-0.2, 0) is 13.0 Å². The number of benzene rings is 2. The van der Waals surface area contributed by atoms with E-state index in [2.05, 4.69) is 10.3 Å². The van der Waals surface area contributed by atoms with Gasteiger partial charge in [-0.1, -0.05) is 31.2 Å². The molecule has 2 amide bonds. The monoisotopic (exact) mass is 413 g/mol. The second-order valence-electron chi connectivity index (χ2n) is 7.29. The predicted molar refractivity (Wildman–Crippen MR) is 120 cm³/mol. The van der Waals surface area contributed by atoms with Crippen molar-refractivity contribution in [2.24, 2.45) is 0 Å². The Labute approximate surface area is 180 Å². The van der Waals surface area contributed by atoms with Crippen molar-refractivity contribution in [3.05, 3.63) is 95.5 Å². The number of anilines is 1. The van der Waals surface area contributed by atoms with E-state index >= 15 is 0 Å². The summed E-state index contributed by atoms with van der Waals surface area (Å²) in [5.41, 5.74) is 3.36. The fourth-order valence-electron chi connectivity index (χ4n) is 3.57. The van der Waals surface area contributed by atoms with E-state index in [0.29, 0.717) is 23.4 Å². The van der Waals surface area contributed by atoms with Gasteiger partial charge in [0, 0.05) is 54.6 Å². The molecule has 0 aliphatic carbocycles. The van der Waals surface area contributed by atoms with E-state index in [1.54, 1.807) is 54.5 Å². The molecule has 0 aliphatic rings. The summed E-state index contributed by atoms with van der Waals surface area (Å²) >= 11 is 0. The van der Waals surface area contributed by atoms with Gasteiger partial charge >= 0.3 is 0 Å². The maximum Gasteiger partial charge on any atom is 0.257 e. The molecule has 2 aromatic carbocycles. The fraction of sp³-hybridized carbons (Fsp3) is 0.160. The number of hydrogen-bond donors (Lipinski definition) is 1. The van der Waals surface area contributed by atoms with Crippen LogP contribution in [0.3, 0.4) is 0 Å². The van der Waals surface area contributed by atoms with Gasteiger partial charge < -0.3 is 14.6 Å². The minimum Gasteiger partial charge on any atom is -0.461 e. The molecule has 2 heterocycles. The van der Waals surface area contributed by atoms with Crippen molar-refractivity contribution in [1.29, 1.82) is 0 Å². The highest BCUT2D eigenvalue weighted by Gasteiger charge is 2.19. The first-order valence-electron chi connectivity index (χ1n) is 10.1. The van der Waals surface area contributed by atoms with Gasteiger partial charge in [0.2, 0.25) is 0 Å². The number of nitrogens with one attached hydrogen (secondary N) is 1. The zero-order valence-electron chi connectivity index (χ0n) is 17.5. The third kappa shape index (κ3) is 4.33. The van der Waals surface area contributed by atoms with E-state index in [9.17, 15) is 9.59 Å². The average Bonchev–Trinajstić information content (AvgIpc) is 3.16. The van der Waals surface area contributed by atoms with Crippen molar-refractivity contribution in [3.63, 3.8) is 0 Å². The van der Waals surface area contributed by atoms with Gasteiger partial charge in [-0.15, -0.1) is 0 Å². The molecule has 0 fully saturated rings. The molecule has 6 nitrogen and oxygen atoms in total. The van der Waals surface area contributed by atoms with E-state index < -0.39 is 0 Å². The quantitative estimate of drug-likeness (QED) is 0.487. The number of carbonyl (C=O) groups excluding carboxylic acids is 2. The third-order valence-electron chi connectivity index (χ3n) is 5.14. The second kappa shape index (κ2) is 8.83. The number of fused-ring (bicyclic) bond motifs is 1. The summed E-state index contributed by atoms with van der Waals surface area (Å²) in [4.78, 5) is 31.1. The van der Waals surface area contributed by atoms with Gasteiger partial charge in [-0.2, -0.15) is 0 Å². The Kier molecular flexibility index (Phi) is 5.80. The van der Waals surface area contributed by atoms with Crippen LogP contribution < -0.4 is 5.32 Å². The topological polar surface area (TPSA) is 75.4 Å². The van der Waals surface area contributed by atoms with Gasteiger partial charge in [-0.05, 0) is 36.4 Å². The molecular weight excluding hydrogens is 390 g/mol. The van der Waals surface area contributed by atoms with Gasteiger partial charge in [-0.3, -0.25) is 14.6 Å². The first-order valence-corrected chi connectivity index (χ1v) is 10.1. The molecule has 0 spiro atoms. The van der Waals surface area contributed by atoms with Crippen LogP contribution in [0.25, 0.3) is 11.0 Å². The van der Waals surface area contributed by atoms with Crippen LogP contribution in [0.5, 0.6) is 0 Å². The number of para-hydroxylation sites is 1. The fourth-order valence-corrected chi connectivity index (χ4v) is 3.57. The van der Waals surface area contributed by atoms with Crippen LogP contribution in [0, 0.1) is 0 Å². The predicted octanol–water partition coefficient (Wildman–Crippen LogP) is 4.91. The molecule has 6 heteroatoms. The zero-order valence-corrected chi connectivity index (χ0v) is 17.5. The van der Waals surface area contributed by atoms with Crippen LogP contribution in [0.2, 0.25) is 0 Å². The number of nitrogens with zero attached hydrogens (tertiary/aromatic N) is 2. The molecule has 0 saturated heterocycles. The van der Waals surface area contributed by atoms with Crippen LogP contribution in [0.15, 0.2) is 77.5 Å². The van der Waals surface area contributed by atoms with Gasteiger partial charge in [0.15, 0.2) is 0 Å². The van der Waals surface area contributed by atoms with Crippen molar-refractivity contribution >= 4 is 28.5 Å². The minimum atomic E-state index is -0.275. The highest BCUT2D eigenvalue weighted by atomic mass is 16.3. The Bertz CT molecular complexity index is 1230. The van der Waals surface area contributed by atoms with E-state index in [1.807, 2.05) is 31.2 Å². The molecule has 0 saturated carbocycles. The minimum absolute atomic E-state index is 0.134. The molecule has 0 unspecified atom stereocenters. The maximum absolute atomic E-state index is 13.1. The molecule has 31 heavy (non-hydrogen) atoms. The summed E-state index contributed by atoms with van der Waals surface area (Å²) in [7, 11) is 1.77.